The van der Waals surface area contributed by atoms with Crippen LogP contribution in [0.5, 0.6) is 0 Å². The molecule has 1 atom stereocenters. The summed E-state index contributed by atoms with van der Waals surface area (Å²) in [7, 11) is 0. The van der Waals surface area contributed by atoms with Crippen LogP contribution in [0, 0.1) is 0 Å². The molecule has 0 saturated heterocycles. The third-order valence-corrected chi connectivity index (χ3v) is 3.76. The molecular formula is C15H13NS. The molecule has 0 bridgehead atoms. The molecule has 0 fully saturated rings. The summed E-state index contributed by atoms with van der Waals surface area (Å²) in [5.74, 6) is 0. The van der Waals surface area contributed by atoms with E-state index in [1.165, 1.54) is 21.9 Å². The summed E-state index contributed by atoms with van der Waals surface area (Å²) >= 11 is 1.69. The Kier molecular flexibility index (Phi) is 2.67. The third kappa shape index (κ3) is 1.86. The van der Waals surface area contributed by atoms with Crippen molar-refractivity contribution in [1.29, 1.82) is 0 Å². The fourth-order valence-electron chi connectivity index (χ4n) is 2.15. The molecule has 0 radical (unpaired) electrons. The molecule has 0 saturated carbocycles. The Balaban J connectivity index is 2.17. The van der Waals surface area contributed by atoms with E-state index in [0.29, 0.717) is 0 Å². The van der Waals surface area contributed by atoms with Crippen LogP contribution < -0.4 is 5.73 Å². The molecule has 3 aromatic rings. The topological polar surface area (TPSA) is 26.0 Å². The van der Waals surface area contributed by atoms with E-state index in [-0.39, 0.29) is 6.04 Å². The van der Waals surface area contributed by atoms with E-state index in [1.54, 1.807) is 11.3 Å². The Labute approximate surface area is 105 Å². The van der Waals surface area contributed by atoms with Crippen molar-refractivity contribution in [3.8, 4) is 0 Å². The first-order chi connectivity index (χ1) is 8.36. The Morgan fingerprint density at radius 2 is 1.76 bits per heavy atom. The largest absolute Gasteiger partial charge is 0.320 e. The van der Waals surface area contributed by atoms with Crippen molar-refractivity contribution >= 4 is 22.1 Å². The zero-order valence-electron chi connectivity index (χ0n) is 9.34. The molecule has 84 valence electrons. The van der Waals surface area contributed by atoms with Gasteiger partial charge in [0.15, 0.2) is 0 Å². The normalized spacial score (nSPS) is 12.8. The van der Waals surface area contributed by atoms with Gasteiger partial charge in [0.2, 0.25) is 0 Å². The molecule has 0 aliphatic rings. The van der Waals surface area contributed by atoms with Gasteiger partial charge < -0.3 is 5.73 Å². The number of nitrogens with two attached hydrogens (primary N) is 1. The second kappa shape index (κ2) is 4.32. The van der Waals surface area contributed by atoms with Crippen molar-refractivity contribution in [1.82, 2.24) is 0 Å². The van der Waals surface area contributed by atoms with Crippen molar-refractivity contribution in [2.24, 2.45) is 5.73 Å². The summed E-state index contributed by atoms with van der Waals surface area (Å²) in [4.78, 5) is 0. The van der Waals surface area contributed by atoms with Crippen LogP contribution in [0.25, 0.3) is 10.8 Å². The van der Waals surface area contributed by atoms with Crippen molar-refractivity contribution in [3.63, 3.8) is 0 Å². The summed E-state index contributed by atoms with van der Waals surface area (Å²) in [6.45, 7) is 0. The number of hydrogen-bond donors (Lipinski definition) is 1. The zero-order chi connectivity index (χ0) is 11.7. The lowest BCUT2D eigenvalue weighted by Gasteiger charge is -2.13. The van der Waals surface area contributed by atoms with Gasteiger partial charge in [0, 0.05) is 0 Å². The first-order valence-electron chi connectivity index (χ1n) is 5.61. The smallest absolute Gasteiger partial charge is 0.0565 e. The van der Waals surface area contributed by atoms with Gasteiger partial charge in [0.25, 0.3) is 0 Å². The van der Waals surface area contributed by atoms with Crippen LogP contribution in [0.1, 0.15) is 17.2 Å². The van der Waals surface area contributed by atoms with E-state index in [1.807, 2.05) is 0 Å². The summed E-state index contributed by atoms with van der Waals surface area (Å²) < 4.78 is 0. The highest BCUT2D eigenvalue weighted by molar-refractivity contribution is 7.08. The van der Waals surface area contributed by atoms with E-state index in [9.17, 15) is 0 Å². The van der Waals surface area contributed by atoms with Gasteiger partial charge in [-0.1, -0.05) is 42.5 Å². The van der Waals surface area contributed by atoms with Crippen LogP contribution in [0.3, 0.4) is 0 Å². The van der Waals surface area contributed by atoms with Crippen molar-refractivity contribution in [2.45, 2.75) is 6.04 Å². The minimum absolute atomic E-state index is 0.0349. The van der Waals surface area contributed by atoms with E-state index >= 15 is 0 Å². The van der Waals surface area contributed by atoms with Gasteiger partial charge in [-0.15, -0.1) is 0 Å². The standard InChI is InChI=1S/C15H13NS/c16-15(12-8-9-17-10-12)14-7-3-5-11-4-1-2-6-13(11)14/h1-10,15H,16H2. The minimum Gasteiger partial charge on any atom is -0.320 e. The SMILES string of the molecule is NC(c1ccsc1)c1cccc2ccccc12. The molecule has 2 N–H and O–H groups in total. The van der Waals surface area contributed by atoms with E-state index in [0.717, 1.165) is 0 Å². The van der Waals surface area contributed by atoms with Gasteiger partial charge in [-0.05, 0) is 38.7 Å². The molecule has 17 heavy (non-hydrogen) atoms. The fraction of sp³-hybridized carbons (Fsp3) is 0.0667. The fourth-order valence-corrected chi connectivity index (χ4v) is 2.85. The molecule has 2 heteroatoms. The van der Waals surface area contributed by atoms with Crippen molar-refractivity contribution in [2.75, 3.05) is 0 Å². The Bertz CT molecular complexity index is 623. The lowest BCUT2D eigenvalue weighted by molar-refractivity contribution is 0.886. The van der Waals surface area contributed by atoms with Crippen LogP contribution in [0.4, 0.5) is 0 Å². The van der Waals surface area contributed by atoms with E-state index in [2.05, 4.69) is 59.3 Å². The predicted octanol–water partition coefficient (Wildman–Crippen LogP) is 3.95. The second-order valence-electron chi connectivity index (χ2n) is 4.10. The molecule has 3 rings (SSSR count). The van der Waals surface area contributed by atoms with Crippen LogP contribution in [-0.2, 0) is 0 Å². The summed E-state index contributed by atoms with van der Waals surface area (Å²) in [6.07, 6.45) is 0. The van der Waals surface area contributed by atoms with Gasteiger partial charge in [-0.3, -0.25) is 0 Å². The maximum Gasteiger partial charge on any atom is 0.0565 e. The maximum atomic E-state index is 6.33. The highest BCUT2D eigenvalue weighted by Crippen LogP contribution is 2.28. The highest BCUT2D eigenvalue weighted by atomic mass is 32.1. The third-order valence-electron chi connectivity index (χ3n) is 3.06. The quantitative estimate of drug-likeness (QED) is 0.720. The molecular weight excluding hydrogens is 226 g/mol. The first-order valence-corrected chi connectivity index (χ1v) is 6.56. The minimum atomic E-state index is -0.0349. The summed E-state index contributed by atoms with van der Waals surface area (Å²) in [5, 5.41) is 6.68. The van der Waals surface area contributed by atoms with Gasteiger partial charge in [0.1, 0.15) is 0 Å². The molecule has 2 aromatic carbocycles. The monoisotopic (exact) mass is 239 g/mol. The molecule has 0 spiro atoms. The molecule has 0 amide bonds. The van der Waals surface area contributed by atoms with E-state index in [4.69, 9.17) is 5.73 Å². The number of fused-ring (bicyclic) bond motifs is 1. The Morgan fingerprint density at radius 1 is 0.941 bits per heavy atom. The Morgan fingerprint density at radius 3 is 2.59 bits per heavy atom. The second-order valence-corrected chi connectivity index (χ2v) is 4.88. The average Bonchev–Trinajstić information content (AvgIpc) is 2.91. The number of benzene rings is 2. The van der Waals surface area contributed by atoms with Gasteiger partial charge in [-0.25, -0.2) is 0 Å². The average molecular weight is 239 g/mol. The zero-order valence-corrected chi connectivity index (χ0v) is 10.2. The van der Waals surface area contributed by atoms with Gasteiger partial charge in [0.05, 0.1) is 6.04 Å². The lowest BCUT2D eigenvalue weighted by atomic mass is 9.96. The number of hydrogen-bond acceptors (Lipinski definition) is 2. The summed E-state index contributed by atoms with van der Waals surface area (Å²) in [5.41, 5.74) is 8.72. The van der Waals surface area contributed by atoms with Gasteiger partial charge in [-0.2, -0.15) is 11.3 Å². The number of rotatable bonds is 2. The van der Waals surface area contributed by atoms with Crippen molar-refractivity contribution in [3.05, 3.63) is 70.4 Å². The van der Waals surface area contributed by atoms with Gasteiger partial charge >= 0.3 is 0 Å². The van der Waals surface area contributed by atoms with Crippen LogP contribution >= 0.6 is 11.3 Å². The van der Waals surface area contributed by atoms with Crippen LogP contribution in [0.15, 0.2) is 59.3 Å². The summed E-state index contributed by atoms with van der Waals surface area (Å²) in [6, 6.07) is 16.8. The molecule has 1 heterocycles. The van der Waals surface area contributed by atoms with Crippen LogP contribution in [0.2, 0.25) is 0 Å². The lowest BCUT2D eigenvalue weighted by Crippen LogP contribution is -2.11. The molecule has 1 unspecified atom stereocenters. The van der Waals surface area contributed by atoms with Crippen LogP contribution in [-0.4, -0.2) is 0 Å². The first kappa shape index (κ1) is 10.5. The molecule has 1 aromatic heterocycles. The maximum absolute atomic E-state index is 6.33. The predicted molar refractivity (Wildman–Crippen MR) is 74.3 cm³/mol. The molecule has 0 aliphatic carbocycles. The molecule has 0 aliphatic heterocycles. The van der Waals surface area contributed by atoms with Crippen molar-refractivity contribution < 1.29 is 0 Å². The Hall–Kier alpha value is -1.64. The highest BCUT2D eigenvalue weighted by Gasteiger charge is 2.11. The van der Waals surface area contributed by atoms with E-state index < -0.39 is 0 Å². The number of thiophene rings is 1. The molecule has 1 nitrogen and oxygen atoms in total.